The van der Waals surface area contributed by atoms with Crippen molar-refractivity contribution in [2.75, 3.05) is 7.11 Å². The zero-order valence-corrected chi connectivity index (χ0v) is 12.3. The lowest BCUT2D eigenvalue weighted by atomic mass is 9.86. The van der Waals surface area contributed by atoms with E-state index < -0.39 is 11.4 Å². The third-order valence-corrected chi connectivity index (χ3v) is 3.06. The molecule has 6 heteroatoms. The fourth-order valence-electron chi connectivity index (χ4n) is 2.09. The summed E-state index contributed by atoms with van der Waals surface area (Å²) in [7, 11) is 1.59. The molecular formula is C15H18N2O4. The van der Waals surface area contributed by atoms with E-state index in [0.717, 1.165) is 5.56 Å². The van der Waals surface area contributed by atoms with Crippen molar-refractivity contribution in [3.05, 3.63) is 30.2 Å². The average Bonchev–Trinajstić information content (AvgIpc) is 2.85. The molecule has 6 nitrogen and oxygen atoms in total. The van der Waals surface area contributed by atoms with Crippen molar-refractivity contribution < 1.29 is 19.2 Å². The van der Waals surface area contributed by atoms with Gasteiger partial charge in [0.25, 0.3) is 0 Å². The molecule has 21 heavy (non-hydrogen) atoms. The van der Waals surface area contributed by atoms with Crippen molar-refractivity contribution in [1.82, 2.24) is 10.1 Å². The van der Waals surface area contributed by atoms with E-state index in [1.807, 2.05) is 38.1 Å². The largest absolute Gasteiger partial charge is 0.497 e. The van der Waals surface area contributed by atoms with Crippen LogP contribution in [0.3, 0.4) is 0 Å². The van der Waals surface area contributed by atoms with Gasteiger partial charge in [-0.3, -0.25) is 4.79 Å². The monoisotopic (exact) mass is 290 g/mol. The smallest absolute Gasteiger partial charge is 0.303 e. The van der Waals surface area contributed by atoms with Gasteiger partial charge in [-0.05, 0) is 17.5 Å². The Bertz CT molecular complexity index is 634. The average molecular weight is 290 g/mol. The van der Waals surface area contributed by atoms with Crippen LogP contribution in [0.25, 0.3) is 11.4 Å². The molecule has 0 saturated heterocycles. The Labute approximate surface area is 122 Å². The molecule has 0 radical (unpaired) electrons. The number of carbonyl (C=O) groups is 1. The molecule has 1 aromatic heterocycles. The SMILES string of the molecule is COc1cccc(-c2noc(CC(C)(C)CC(=O)O)n2)c1. The molecule has 0 amide bonds. The van der Waals surface area contributed by atoms with Crippen LogP contribution in [0, 0.1) is 5.41 Å². The van der Waals surface area contributed by atoms with E-state index in [9.17, 15) is 4.79 Å². The maximum absolute atomic E-state index is 10.8. The molecule has 0 saturated carbocycles. The Morgan fingerprint density at radius 2 is 2.19 bits per heavy atom. The molecule has 2 rings (SSSR count). The van der Waals surface area contributed by atoms with Crippen LogP contribution in [0.4, 0.5) is 0 Å². The lowest BCUT2D eigenvalue weighted by molar-refractivity contribution is -0.139. The van der Waals surface area contributed by atoms with E-state index in [-0.39, 0.29) is 6.42 Å². The standard InChI is InChI=1S/C15H18N2O4/c1-15(2,9-13(18)19)8-12-16-14(17-21-12)10-5-4-6-11(7-10)20-3/h4-7H,8-9H2,1-3H3,(H,18,19). The topological polar surface area (TPSA) is 85.5 Å². The minimum absolute atomic E-state index is 0.0455. The van der Waals surface area contributed by atoms with Gasteiger partial charge >= 0.3 is 5.97 Å². The van der Waals surface area contributed by atoms with Crippen LogP contribution in [-0.4, -0.2) is 28.3 Å². The third kappa shape index (κ3) is 4.05. The Balaban J connectivity index is 2.16. The molecule has 0 fully saturated rings. The molecule has 0 bridgehead atoms. The fourth-order valence-corrected chi connectivity index (χ4v) is 2.09. The highest BCUT2D eigenvalue weighted by molar-refractivity contribution is 5.67. The summed E-state index contributed by atoms with van der Waals surface area (Å²) in [4.78, 5) is 15.1. The second kappa shape index (κ2) is 5.95. The number of aliphatic carboxylic acids is 1. The molecular weight excluding hydrogens is 272 g/mol. The van der Waals surface area contributed by atoms with Crippen LogP contribution in [0.15, 0.2) is 28.8 Å². The van der Waals surface area contributed by atoms with E-state index in [4.69, 9.17) is 14.4 Å². The van der Waals surface area contributed by atoms with Gasteiger partial charge in [-0.1, -0.05) is 31.1 Å². The number of benzene rings is 1. The van der Waals surface area contributed by atoms with Gasteiger partial charge in [-0.15, -0.1) is 0 Å². The van der Waals surface area contributed by atoms with Crippen LogP contribution in [0.5, 0.6) is 5.75 Å². The summed E-state index contributed by atoms with van der Waals surface area (Å²) in [6.07, 6.45) is 0.458. The number of hydrogen-bond acceptors (Lipinski definition) is 5. The molecule has 0 spiro atoms. The number of carboxylic acids is 1. The fraction of sp³-hybridized carbons (Fsp3) is 0.400. The highest BCUT2D eigenvalue weighted by Crippen LogP contribution is 2.27. The van der Waals surface area contributed by atoms with Gasteiger partial charge in [0.15, 0.2) is 0 Å². The van der Waals surface area contributed by atoms with Crippen LogP contribution in [-0.2, 0) is 11.2 Å². The molecule has 112 valence electrons. The number of carboxylic acid groups (broad SMARTS) is 1. The van der Waals surface area contributed by atoms with Crippen molar-refractivity contribution >= 4 is 5.97 Å². The summed E-state index contributed by atoms with van der Waals surface area (Å²) in [5.41, 5.74) is 0.352. The van der Waals surface area contributed by atoms with Crippen molar-refractivity contribution in [2.24, 2.45) is 5.41 Å². The third-order valence-electron chi connectivity index (χ3n) is 3.06. The molecule has 1 heterocycles. The number of hydrogen-bond donors (Lipinski definition) is 1. The Morgan fingerprint density at radius 3 is 2.86 bits per heavy atom. The Kier molecular flexibility index (Phi) is 4.26. The van der Waals surface area contributed by atoms with Gasteiger partial charge in [0, 0.05) is 12.0 Å². The first-order valence-electron chi connectivity index (χ1n) is 6.58. The summed E-state index contributed by atoms with van der Waals surface area (Å²) in [5, 5.41) is 12.8. The second-order valence-corrected chi connectivity index (χ2v) is 5.66. The van der Waals surface area contributed by atoms with Crippen LogP contribution >= 0.6 is 0 Å². The number of ether oxygens (including phenoxy) is 1. The first kappa shape index (κ1) is 15.0. The number of methoxy groups -OCH3 is 1. The maximum Gasteiger partial charge on any atom is 0.303 e. The molecule has 0 aliphatic rings. The predicted molar refractivity (Wildman–Crippen MR) is 76.0 cm³/mol. The van der Waals surface area contributed by atoms with Crippen molar-refractivity contribution in [1.29, 1.82) is 0 Å². The minimum atomic E-state index is -0.840. The van der Waals surface area contributed by atoms with Crippen molar-refractivity contribution in [3.8, 4) is 17.1 Å². The van der Waals surface area contributed by atoms with Crippen LogP contribution in [0.1, 0.15) is 26.2 Å². The van der Waals surface area contributed by atoms with E-state index in [2.05, 4.69) is 10.1 Å². The summed E-state index contributed by atoms with van der Waals surface area (Å²) in [5.74, 6) is 0.770. The molecule has 0 aliphatic heterocycles. The highest BCUT2D eigenvalue weighted by atomic mass is 16.5. The lowest BCUT2D eigenvalue weighted by Gasteiger charge is -2.19. The maximum atomic E-state index is 10.8. The van der Waals surface area contributed by atoms with Crippen LogP contribution in [0.2, 0.25) is 0 Å². The van der Waals surface area contributed by atoms with E-state index in [0.29, 0.717) is 23.9 Å². The predicted octanol–water partition coefficient (Wildman–Crippen LogP) is 2.79. The van der Waals surface area contributed by atoms with Gasteiger partial charge in [0.1, 0.15) is 5.75 Å². The molecule has 1 aromatic carbocycles. The molecule has 2 aromatic rings. The summed E-state index contributed by atoms with van der Waals surface area (Å²) >= 11 is 0. The summed E-state index contributed by atoms with van der Waals surface area (Å²) in [6, 6.07) is 7.36. The Morgan fingerprint density at radius 1 is 1.43 bits per heavy atom. The lowest BCUT2D eigenvalue weighted by Crippen LogP contribution is -2.19. The van der Waals surface area contributed by atoms with Gasteiger partial charge in [-0.2, -0.15) is 4.98 Å². The zero-order valence-electron chi connectivity index (χ0n) is 12.3. The molecule has 0 atom stereocenters. The van der Waals surface area contributed by atoms with E-state index in [1.165, 1.54) is 0 Å². The van der Waals surface area contributed by atoms with E-state index in [1.54, 1.807) is 7.11 Å². The first-order chi connectivity index (χ1) is 9.89. The minimum Gasteiger partial charge on any atom is -0.497 e. The second-order valence-electron chi connectivity index (χ2n) is 5.66. The molecule has 1 N–H and O–H groups in total. The quantitative estimate of drug-likeness (QED) is 0.880. The Hall–Kier alpha value is -2.37. The van der Waals surface area contributed by atoms with Gasteiger partial charge in [0.05, 0.1) is 13.5 Å². The zero-order chi connectivity index (χ0) is 15.5. The van der Waals surface area contributed by atoms with E-state index >= 15 is 0 Å². The highest BCUT2D eigenvalue weighted by Gasteiger charge is 2.25. The summed E-state index contributed by atoms with van der Waals surface area (Å²) in [6.45, 7) is 3.72. The number of aromatic nitrogens is 2. The normalized spacial score (nSPS) is 11.4. The van der Waals surface area contributed by atoms with Crippen LogP contribution < -0.4 is 4.74 Å². The number of nitrogens with zero attached hydrogens (tertiary/aromatic N) is 2. The van der Waals surface area contributed by atoms with Crippen molar-refractivity contribution in [3.63, 3.8) is 0 Å². The molecule has 0 aliphatic carbocycles. The summed E-state index contributed by atoms with van der Waals surface area (Å²) < 4.78 is 10.4. The van der Waals surface area contributed by atoms with Gasteiger partial charge in [0.2, 0.25) is 11.7 Å². The molecule has 0 unspecified atom stereocenters. The van der Waals surface area contributed by atoms with Crippen molar-refractivity contribution in [2.45, 2.75) is 26.7 Å². The van der Waals surface area contributed by atoms with Gasteiger partial charge < -0.3 is 14.4 Å². The first-order valence-corrected chi connectivity index (χ1v) is 6.58. The van der Waals surface area contributed by atoms with Gasteiger partial charge in [-0.25, -0.2) is 0 Å². The number of rotatable bonds is 6.